The quantitative estimate of drug-likeness (QED) is 0.845. The normalized spacial score (nSPS) is 21.0. The maximum absolute atomic E-state index is 11.8. The van der Waals surface area contributed by atoms with Crippen molar-refractivity contribution in [1.82, 2.24) is 10.2 Å². The number of hydrogen-bond acceptors (Lipinski definition) is 2. The van der Waals surface area contributed by atoms with Crippen molar-refractivity contribution in [3.63, 3.8) is 0 Å². The molecule has 17 heavy (non-hydrogen) atoms. The van der Waals surface area contributed by atoms with Gasteiger partial charge in [0, 0.05) is 25.6 Å². The molecule has 1 aliphatic heterocycles. The van der Waals surface area contributed by atoms with E-state index in [1.54, 1.807) is 0 Å². The average Bonchev–Trinajstić information content (AvgIpc) is 2.64. The zero-order chi connectivity index (χ0) is 12.1. The van der Waals surface area contributed by atoms with Gasteiger partial charge in [-0.05, 0) is 18.5 Å². The van der Waals surface area contributed by atoms with Gasteiger partial charge in [-0.1, -0.05) is 37.3 Å². The Morgan fingerprint density at radius 2 is 2.18 bits per heavy atom. The van der Waals surface area contributed by atoms with Crippen LogP contribution in [0.1, 0.15) is 31.4 Å². The number of carbonyl (C=O) groups excluding carboxylic acids is 1. The van der Waals surface area contributed by atoms with Gasteiger partial charge in [-0.3, -0.25) is 4.79 Å². The van der Waals surface area contributed by atoms with E-state index in [1.165, 1.54) is 5.56 Å². The maximum Gasteiger partial charge on any atom is 0.222 e. The minimum absolute atomic E-state index is 0.259. The highest BCUT2D eigenvalue weighted by molar-refractivity contribution is 5.75. The van der Waals surface area contributed by atoms with Gasteiger partial charge in [0.1, 0.15) is 0 Å². The maximum atomic E-state index is 11.8. The van der Waals surface area contributed by atoms with Gasteiger partial charge >= 0.3 is 0 Å². The molecule has 0 bridgehead atoms. The molecule has 2 rings (SSSR count). The smallest absolute Gasteiger partial charge is 0.222 e. The lowest BCUT2D eigenvalue weighted by Gasteiger charge is -2.24. The molecule has 92 valence electrons. The Balaban J connectivity index is 2.10. The van der Waals surface area contributed by atoms with Crippen molar-refractivity contribution in [1.29, 1.82) is 0 Å². The number of nitrogens with one attached hydrogen (secondary N) is 1. The van der Waals surface area contributed by atoms with Crippen molar-refractivity contribution in [3.8, 4) is 0 Å². The fourth-order valence-corrected chi connectivity index (χ4v) is 2.28. The zero-order valence-corrected chi connectivity index (χ0v) is 10.4. The molecule has 0 radical (unpaired) electrons. The topological polar surface area (TPSA) is 32.3 Å². The Labute approximate surface area is 103 Å². The van der Waals surface area contributed by atoms with Crippen LogP contribution in [0.25, 0.3) is 0 Å². The van der Waals surface area contributed by atoms with Crippen molar-refractivity contribution in [2.24, 2.45) is 0 Å². The molecule has 1 heterocycles. The number of amides is 1. The SMILES string of the molecule is CCC(=O)N1CCCNC(c2ccccc2)C1. The van der Waals surface area contributed by atoms with Crippen LogP contribution < -0.4 is 5.32 Å². The minimum atomic E-state index is 0.259. The summed E-state index contributed by atoms with van der Waals surface area (Å²) < 4.78 is 0. The fourth-order valence-electron chi connectivity index (χ4n) is 2.28. The lowest BCUT2D eigenvalue weighted by atomic mass is 10.1. The summed E-state index contributed by atoms with van der Waals surface area (Å²) in [6.07, 6.45) is 1.64. The van der Waals surface area contributed by atoms with Crippen LogP contribution in [0.2, 0.25) is 0 Å². The lowest BCUT2D eigenvalue weighted by molar-refractivity contribution is -0.131. The number of nitrogens with zero attached hydrogens (tertiary/aromatic N) is 1. The van der Waals surface area contributed by atoms with Crippen LogP contribution in [-0.2, 0) is 4.79 Å². The van der Waals surface area contributed by atoms with E-state index in [1.807, 2.05) is 30.0 Å². The third kappa shape index (κ3) is 3.07. The number of benzene rings is 1. The molecule has 1 unspecified atom stereocenters. The van der Waals surface area contributed by atoms with Crippen LogP contribution in [0.15, 0.2) is 30.3 Å². The Morgan fingerprint density at radius 3 is 2.88 bits per heavy atom. The van der Waals surface area contributed by atoms with E-state index in [-0.39, 0.29) is 11.9 Å². The van der Waals surface area contributed by atoms with E-state index < -0.39 is 0 Å². The Bertz CT molecular complexity index is 364. The third-order valence-corrected chi connectivity index (χ3v) is 3.26. The summed E-state index contributed by atoms with van der Waals surface area (Å²) in [6, 6.07) is 10.6. The minimum Gasteiger partial charge on any atom is -0.341 e. The van der Waals surface area contributed by atoms with E-state index in [0.29, 0.717) is 6.42 Å². The van der Waals surface area contributed by atoms with E-state index in [9.17, 15) is 4.79 Å². The van der Waals surface area contributed by atoms with Crippen molar-refractivity contribution in [3.05, 3.63) is 35.9 Å². The largest absolute Gasteiger partial charge is 0.341 e. The van der Waals surface area contributed by atoms with Crippen LogP contribution in [0.5, 0.6) is 0 Å². The van der Waals surface area contributed by atoms with Crippen molar-refractivity contribution in [2.45, 2.75) is 25.8 Å². The average molecular weight is 232 g/mol. The summed E-state index contributed by atoms with van der Waals surface area (Å²) in [4.78, 5) is 13.8. The van der Waals surface area contributed by atoms with Crippen LogP contribution in [-0.4, -0.2) is 30.4 Å². The van der Waals surface area contributed by atoms with Crippen molar-refractivity contribution < 1.29 is 4.79 Å². The standard InChI is InChI=1S/C14H20N2O/c1-2-14(17)16-10-6-9-15-13(11-16)12-7-4-3-5-8-12/h3-5,7-8,13,15H,2,6,9-11H2,1H3. The van der Waals surface area contributed by atoms with Crippen LogP contribution in [0.4, 0.5) is 0 Å². The van der Waals surface area contributed by atoms with Gasteiger partial charge in [0.15, 0.2) is 0 Å². The summed E-state index contributed by atoms with van der Waals surface area (Å²) in [5.74, 6) is 0.259. The summed E-state index contributed by atoms with van der Waals surface area (Å²) >= 11 is 0. The number of carbonyl (C=O) groups is 1. The van der Waals surface area contributed by atoms with E-state index in [4.69, 9.17) is 0 Å². The van der Waals surface area contributed by atoms with E-state index in [2.05, 4.69) is 17.4 Å². The Kier molecular flexibility index (Phi) is 4.15. The predicted octanol–water partition coefficient (Wildman–Crippen LogP) is 1.96. The Hall–Kier alpha value is -1.35. The molecule has 0 spiro atoms. The molecular formula is C14H20N2O. The molecule has 1 atom stereocenters. The fraction of sp³-hybridized carbons (Fsp3) is 0.500. The molecule has 0 saturated carbocycles. The van der Waals surface area contributed by atoms with Gasteiger partial charge in [0.2, 0.25) is 5.91 Å². The van der Waals surface area contributed by atoms with Crippen molar-refractivity contribution in [2.75, 3.05) is 19.6 Å². The molecule has 1 saturated heterocycles. The molecular weight excluding hydrogens is 212 g/mol. The van der Waals surface area contributed by atoms with Gasteiger partial charge in [-0.2, -0.15) is 0 Å². The van der Waals surface area contributed by atoms with Crippen LogP contribution >= 0.6 is 0 Å². The van der Waals surface area contributed by atoms with Gasteiger partial charge in [0.25, 0.3) is 0 Å². The molecule has 3 heteroatoms. The van der Waals surface area contributed by atoms with Crippen LogP contribution in [0.3, 0.4) is 0 Å². The first-order valence-electron chi connectivity index (χ1n) is 6.37. The summed E-state index contributed by atoms with van der Waals surface area (Å²) in [5, 5.41) is 3.51. The molecule has 1 aromatic carbocycles. The second-order valence-electron chi connectivity index (χ2n) is 4.46. The van der Waals surface area contributed by atoms with Gasteiger partial charge in [-0.25, -0.2) is 0 Å². The summed E-state index contributed by atoms with van der Waals surface area (Å²) in [5.41, 5.74) is 1.27. The second-order valence-corrected chi connectivity index (χ2v) is 4.46. The molecule has 1 aromatic rings. The number of rotatable bonds is 2. The molecule has 1 N–H and O–H groups in total. The van der Waals surface area contributed by atoms with Gasteiger partial charge in [-0.15, -0.1) is 0 Å². The zero-order valence-electron chi connectivity index (χ0n) is 10.4. The van der Waals surface area contributed by atoms with Gasteiger partial charge < -0.3 is 10.2 Å². The van der Waals surface area contributed by atoms with Crippen LogP contribution in [0, 0.1) is 0 Å². The molecule has 0 aliphatic carbocycles. The highest BCUT2D eigenvalue weighted by Gasteiger charge is 2.21. The second kappa shape index (κ2) is 5.82. The Morgan fingerprint density at radius 1 is 1.41 bits per heavy atom. The highest BCUT2D eigenvalue weighted by Crippen LogP contribution is 2.17. The van der Waals surface area contributed by atoms with Gasteiger partial charge in [0.05, 0.1) is 0 Å². The summed E-state index contributed by atoms with van der Waals surface area (Å²) in [7, 11) is 0. The third-order valence-electron chi connectivity index (χ3n) is 3.26. The predicted molar refractivity (Wildman–Crippen MR) is 68.7 cm³/mol. The molecule has 1 amide bonds. The lowest BCUT2D eigenvalue weighted by Crippen LogP contribution is -2.35. The molecule has 0 aromatic heterocycles. The van der Waals surface area contributed by atoms with E-state index in [0.717, 1.165) is 26.1 Å². The highest BCUT2D eigenvalue weighted by atomic mass is 16.2. The molecule has 1 aliphatic rings. The first-order chi connectivity index (χ1) is 8.31. The van der Waals surface area contributed by atoms with E-state index >= 15 is 0 Å². The summed E-state index contributed by atoms with van der Waals surface area (Å²) in [6.45, 7) is 4.57. The molecule has 3 nitrogen and oxygen atoms in total. The number of hydrogen-bond donors (Lipinski definition) is 1. The first kappa shape index (κ1) is 12.1. The monoisotopic (exact) mass is 232 g/mol. The molecule has 1 fully saturated rings. The first-order valence-corrected chi connectivity index (χ1v) is 6.37. The van der Waals surface area contributed by atoms with Crippen molar-refractivity contribution >= 4 is 5.91 Å².